The van der Waals surface area contributed by atoms with E-state index in [4.69, 9.17) is 0 Å². The average Bonchev–Trinajstić information content (AvgIpc) is 3.18. The summed E-state index contributed by atoms with van der Waals surface area (Å²) >= 11 is 0. The van der Waals surface area contributed by atoms with Crippen LogP contribution in [0.25, 0.3) is 0 Å². The highest BCUT2D eigenvalue weighted by Crippen LogP contribution is 2.27. The highest BCUT2D eigenvalue weighted by atomic mass is 19.4. The van der Waals surface area contributed by atoms with Crippen molar-refractivity contribution in [2.45, 2.75) is 76.7 Å². The SMILES string of the molecule is CCC(CO)(CCCN(CC(F)(F)F)C(C)C)NC1CC1. The van der Waals surface area contributed by atoms with Crippen molar-refractivity contribution in [3.63, 3.8) is 0 Å². The fraction of sp³-hybridized carbons (Fsp3) is 1.00. The van der Waals surface area contributed by atoms with E-state index in [1.807, 2.05) is 6.92 Å². The Balaban J connectivity index is 2.46. The van der Waals surface area contributed by atoms with Gasteiger partial charge in [-0.05, 0) is 52.5 Å². The van der Waals surface area contributed by atoms with Crippen LogP contribution in [-0.4, -0.2) is 53.5 Å². The van der Waals surface area contributed by atoms with Crippen LogP contribution in [0.5, 0.6) is 0 Å². The Morgan fingerprint density at radius 3 is 2.29 bits per heavy atom. The molecule has 0 aromatic heterocycles. The van der Waals surface area contributed by atoms with Gasteiger partial charge in [-0.1, -0.05) is 6.92 Å². The second kappa shape index (κ2) is 7.79. The van der Waals surface area contributed by atoms with Gasteiger partial charge in [0.15, 0.2) is 0 Å². The molecule has 126 valence electrons. The van der Waals surface area contributed by atoms with Crippen LogP contribution in [0, 0.1) is 0 Å². The highest BCUT2D eigenvalue weighted by molar-refractivity contribution is 4.94. The van der Waals surface area contributed by atoms with Crippen LogP contribution >= 0.6 is 0 Å². The summed E-state index contributed by atoms with van der Waals surface area (Å²) in [6.07, 6.45) is 0.262. The van der Waals surface area contributed by atoms with Crippen molar-refractivity contribution in [2.75, 3.05) is 19.7 Å². The molecule has 21 heavy (non-hydrogen) atoms. The molecule has 0 saturated heterocycles. The monoisotopic (exact) mass is 310 g/mol. The lowest BCUT2D eigenvalue weighted by Crippen LogP contribution is -2.50. The third-order valence-corrected chi connectivity index (χ3v) is 4.28. The molecule has 0 amide bonds. The van der Waals surface area contributed by atoms with E-state index in [1.54, 1.807) is 13.8 Å². The molecule has 0 aromatic carbocycles. The maximum Gasteiger partial charge on any atom is 0.401 e. The summed E-state index contributed by atoms with van der Waals surface area (Å²) in [7, 11) is 0. The summed E-state index contributed by atoms with van der Waals surface area (Å²) in [6, 6.07) is 0.349. The molecule has 2 N–H and O–H groups in total. The zero-order chi connectivity index (χ0) is 16.1. The summed E-state index contributed by atoms with van der Waals surface area (Å²) < 4.78 is 37.6. The van der Waals surface area contributed by atoms with Gasteiger partial charge in [-0.3, -0.25) is 4.90 Å². The molecule has 0 aliphatic heterocycles. The normalized spacial score (nSPS) is 19.3. The number of nitrogens with one attached hydrogen (secondary N) is 1. The third kappa shape index (κ3) is 6.98. The summed E-state index contributed by atoms with van der Waals surface area (Å²) in [5.41, 5.74) is -0.331. The van der Waals surface area contributed by atoms with Crippen molar-refractivity contribution in [2.24, 2.45) is 0 Å². The molecular formula is C15H29F3N2O. The minimum Gasteiger partial charge on any atom is -0.394 e. The van der Waals surface area contributed by atoms with Crippen LogP contribution in [0.4, 0.5) is 13.2 Å². The number of halogens is 3. The Morgan fingerprint density at radius 1 is 1.29 bits per heavy atom. The van der Waals surface area contributed by atoms with Crippen molar-refractivity contribution < 1.29 is 18.3 Å². The fourth-order valence-corrected chi connectivity index (χ4v) is 2.62. The van der Waals surface area contributed by atoms with Crippen LogP contribution in [0.15, 0.2) is 0 Å². The van der Waals surface area contributed by atoms with E-state index < -0.39 is 12.7 Å². The lowest BCUT2D eigenvalue weighted by Gasteiger charge is -2.34. The van der Waals surface area contributed by atoms with E-state index in [9.17, 15) is 18.3 Å². The van der Waals surface area contributed by atoms with Crippen LogP contribution in [0.1, 0.15) is 52.9 Å². The second-order valence-electron chi connectivity index (χ2n) is 6.49. The number of alkyl halides is 3. The van der Waals surface area contributed by atoms with Crippen molar-refractivity contribution in [1.82, 2.24) is 10.2 Å². The highest BCUT2D eigenvalue weighted by Gasteiger charge is 2.35. The van der Waals surface area contributed by atoms with Crippen LogP contribution in [0.2, 0.25) is 0 Å². The topological polar surface area (TPSA) is 35.5 Å². The predicted molar refractivity (Wildman–Crippen MR) is 78.3 cm³/mol. The van der Waals surface area contributed by atoms with E-state index in [1.165, 1.54) is 4.90 Å². The maximum absolute atomic E-state index is 12.5. The van der Waals surface area contributed by atoms with Gasteiger partial charge in [0.2, 0.25) is 0 Å². The van der Waals surface area contributed by atoms with Crippen LogP contribution in [-0.2, 0) is 0 Å². The molecule has 1 aliphatic carbocycles. The van der Waals surface area contributed by atoms with Gasteiger partial charge in [-0.25, -0.2) is 0 Å². The molecule has 0 aromatic rings. The van der Waals surface area contributed by atoms with Gasteiger partial charge in [0.25, 0.3) is 0 Å². The molecule has 0 radical (unpaired) electrons. The number of aliphatic hydroxyl groups is 1. The van der Waals surface area contributed by atoms with E-state index in [-0.39, 0.29) is 18.2 Å². The van der Waals surface area contributed by atoms with E-state index in [0.717, 1.165) is 19.3 Å². The smallest absolute Gasteiger partial charge is 0.394 e. The summed E-state index contributed by atoms with van der Waals surface area (Å²) in [4.78, 5) is 1.45. The van der Waals surface area contributed by atoms with Gasteiger partial charge in [0.1, 0.15) is 0 Å². The lowest BCUT2D eigenvalue weighted by molar-refractivity contribution is -0.149. The first-order chi connectivity index (χ1) is 9.71. The fourth-order valence-electron chi connectivity index (χ4n) is 2.62. The minimum absolute atomic E-state index is 0.0426. The molecule has 1 rings (SSSR count). The largest absolute Gasteiger partial charge is 0.401 e. The first kappa shape index (κ1) is 18.7. The molecule has 1 unspecified atom stereocenters. The van der Waals surface area contributed by atoms with Crippen molar-refractivity contribution in [3.05, 3.63) is 0 Å². The number of rotatable bonds is 10. The second-order valence-corrected chi connectivity index (χ2v) is 6.49. The van der Waals surface area contributed by atoms with Crippen molar-refractivity contribution >= 4 is 0 Å². The first-order valence-corrected chi connectivity index (χ1v) is 7.91. The van der Waals surface area contributed by atoms with Gasteiger partial charge in [-0.15, -0.1) is 0 Å². The molecule has 0 heterocycles. The molecule has 1 saturated carbocycles. The van der Waals surface area contributed by atoms with Gasteiger partial charge in [0, 0.05) is 17.6 Å². The Kier molecular flexibility index (Phi) is 6.94. The number of nitrogens with zero attached hydrogens (tertiary/aromatic N) is 1. The molecule has 1 aliphatic rings. The zero-order valence-electron chi connectivity index (χ0n) is 13.3. The molecule has 6 heteroatoms. The van der Waals surface area contributed by atoms with Crippen molar-refractivity contribution in [3.8, 4) is 0 Å². The van der Waals surface area contributed by atoms with Crippen molar-refractivity contribution in [1.29, 1.82) is 0 Å². The van der Waals surface area contributed by atoms with Crippen LogP contribution < -0.4 is 5.32 Å². The van der Waals surface area contributed by atoms with E-state index in [2.05, 4.69) is 5.32 Å². The van der Waals surface area contributed by atoms with Gasteiger partial charge in [-0.2, -0.15) is 13.2 Å². The molecule has 1 atom stereocenters. The molecule has 0 bridgehead atoms. The van der Waals surface area contributed by atoms with E-state index >= 15 is 0 Å². The number of hydrogen-bond acceptors (Lipinski definition) is 3. The van der Waals surface area contributed by atoms with Gasteiger partial charge in [0.05, 0.1) is 13.2 Å². The number of aliphatic hydroxyl groups excluding tert-OH is 1. The number of hydrogen-bond donors (Lipinski definition) is 2. The maximum atomic E-state index is 12.5. The van der Waals surface area contributed by atoms with E-state index in [0.29, 0.717) is 25.4 Å². The minimum atomic E-state index is -4.16. The zero-order valence-corrected chi connectivity index (χ0v) is 13.3. The Labute approximate surface area is 125 Å². The first-order valence-electron chi connectivity index (χ1n) is 7.91. The standard InChI is InChI=1S/C15H29F3N2O/c1-4-14(11-21,19-13-6-7-13)8-5-9-20(12(2)3)10-15(16,17)18/h12-13,19,21H,4-11H2,1-3H3. The average molecular weight is 310 g/mol. The quantitative estimate of drug-likeness (QED) is 0.651. The molecule has 0 spiro atoms. The van der Waals surface area contributed by atoms with Crippen LogP contribution in [0.3, 0.4) is 0 Å². The Bertz CT molecular complexity index is 300. The summed E-state index contributed by atoms with van der Waals surface area (Å²) in [5, 5.41) is 13.1. The molecule has 1 fully saturated rings. The Morgan fingerprint density at radius 2 is 1.90 bits per heavy atom. The van der Waals surface area contributed by atoms with Gasteiger partial charge >= 0.3 is 6.18 Å². The van der Waals surface area contributed by atoms with Gasteiger partial charge < -0.3 is 10.4 Å². The third-order valence-electron chi connectivity index (χ3n) is 4.28. The predicted octanol–water partition coefficient (Wildman–Crippen LogP) is 2.93. The summed E-state index contributed by atoms with van der Waals surface area (Å²) in [6.45, 7) is 5.17. The molecule has 3 nitrogen and oxygen atoms in total. The summed E-state index contributed by atoms with van der Waals surface area (Å²) in [5.74, 6) is 0. The Hall–Kier alpha value is -0.330. The lowest BCUT2D eigenvalue weighted by atomic mass is 9.90. The molecular weight excluding hydrogens is 281 g/mol.